The Balaban J connectivity index is 2.36. The molecular weight excluding hydrogens is 341 g/mol. The Labute approximate surface area is 155 Å². The van der Waals surface area contributed by atoms with Gasteiger partial charge in [-0.05, 0) is 53.2 Å². The van der Waals surface area contributed by atoms with Gasteiger partial charge in [-0.2, -0.15) is 0 Å². The van der Waals surface area contributed by atoms with E-state index in [0.717, 1.165) is 35.2 Å². The molecule has 0 bridgehead atoms. The molecule has 4 heteroatoms. The highest BCUT2D eigenvalue weighted by atomic mass is 35.5. The minimum absolute atomic E-state index is 0.00536. The van der Waals surface area contributed by atoms with Gasteiger partial charge in [0.15, 0.2) is 0 Å². The van der Waals surface area contributed by atoms with Crippen LogP contribution < -0.4 is 5.32 Å². The molecule has 1 aliphatic heterocycles. The van der Waals surface area contributed by atoms with E-state index in [1.807, 2.05) is 6.92 Å². The lowest BCUT2D eigenvalue weighted by molar-refractivity contribution is 0.0931. The maximum absolute atomic E-state index is 12.9. The van der Waals surface area contributed by atoms with Crippen LogP contribution in [-0.2, 0) is 5.41 Å². The number of nitrogens with one attached hydrogen (secondary N) is 1. The van der Waals surface area contributed by atoms with Crippen molar-refractivity contribution in [1.29, 1.82) is 0 Å². The van der Waals surface area contributed by atoms with Crippen LogP contribution >= 0.6 is 23.2 Å². The third kappa shape index (κ3) is 2.49. The van der Waals surface area contributed by atoms with E-state index < -0.39 is 0 Å². The minimum Gasteiger partial charge on any atom is -0.352 e. The minimum atomic E-state index is -0.104. The fourth-order valence-electron chi connectivity index (χ4n) is 5.16. The molecule has 1 fully saturated rings. The molecule has 0 spiro atoms. The number of fused-ring (bicyclic) bond motifs is 3. The Bertz CT molecular complexity index is 698. The van der Waals surface area contributed by atoms with Crippen molar-refractivity contribution in [2.45, 2.75) is 65.2 Å². The summed E-state index contributed by atoms with van der Waals surface area (Å²) in [6.45, 7) is 11.5. The molecule has 3 rings (SSSR count). The van der Waals surface area contributed by atoms with Crippen LogP contribution in [0.15, 0.2) is 0 Å². The van der Waals surface area contributed by atoms with E-state index in [4.69, 9.17) is 23.2 Å². The summed E-state index contributed by atoms with van der Waals surface area (Å²) in [5.41, 5.74) is 3.65. The van der Waals surface area contributed by atoms with Gasteiger partial charge in [-0.25, -0.2) is 0 Å². The lowest BCUT2D eigenvalue weighted by Crippen LogP contribution is -2.43. The summed E-state index contributed by atoms with van der Waals surface area (Å²) in [7, 11) is 0. The fourth-order valence-corrected chi connectivity index (χ4v) is 6.03. The van der Waals surface area contributed by atoms with E-state index in [9.17, 15) is 4.79 Å². The van der Waals surface area contributed by atoms with Gasteiger partial charge < -0.3 is 5.32 Å². The number of hydrogen-bond donors (Lipinski definition) is 1. The summed E-state index contributed by atoms with van der Waals surface area (Å²) in [4.78, 5) is 12.9. The fraction of sp³-hybridized carbons (Fsp3) is 0.650. The second kappa shape index (κ2) is 6.21. The molecule has 1 N–H and O–H groups in total. The van der Waals surface area contributed by atoms with Crippen molar-refractivity contribution in [2.24, 2.45) is 11.8 Å². The number of halogens is 2. The largest absolute Gasteiger partial charge is 0.352 e. The Morgan fingerprint density at radius 1 is 1.25 bits per heavy atom. The van der Waals surface area contributed by atoms with E-state index in [2.05, 4.69) is 33.0 Å². The molecule has 1 aromatic carbocycles. The molecule has 3 unspecified atom stereocenters. The van der Waals surface area contributed by atoms with Crippen molar-refractivity contribution < 1.29 is 4.79 Å². The van der Waals surface area contributed by atoms with Gasteiger partial charge in [0.25, 0.3) is 5.91 Å². The molecule has 0 aromatic heterocycles. The Morgan fingerprint density at radius 3 is 2.54 bits per heavy atom. The lowest BCUT2D eigenvalue weighted by Gasteiger charge is -2.45. The van der Waals surface area contributed by atoms with Gasteiger partial charge in [-0.1, -0.05) is 63.7 Å². The van der Waals surface area contributed by atoms with Crippen molar-refractivity contribution in [3.8, 4) is 0 Å². The first kappa shape index (κ1) is 18.1. The van der Waals surface area contributed by atoms with Crippen molar-refractivity contribution in [1.82, 2.24) is 5.32 Å². The average Bonchev–Trinajstić information content (AvgIpc) is 2.60. The number of carbonyl (C=O) groups excluding carboxylic acids is 1. The topological polar surface area (TPSA) is 29.1 Å². The third-order valence-electron chi connectivity index (χ3n) is 6.40. The van der Waals surface area contributed by atoms with Crippen LogP contribution in [-0.4, -0.2) is 12.5 Å². The maximum atomic E-state index is 12.9. The Morgan fingerprint density at radius 2 is 1.92 bits per heavy atom. The molecule has 3 atom stereocenters. The van der Waals surface area contributed by atoms with E-state index in [0.29, 0.717) is 21.9 Å². The van der Waals surface area contributed by atoms with Gasteiger partial charge >= 0.3 is 0 Å². The second-order valence-electron chi connectivity index (χ2n) is 8.17. The van der Waals surface area contributed by atoms with Crippen LogP contribution in [0.3, 0.4) is 0 Å². The molecule has 1 aromatic rings. The highest BCUT2D eigenvalue weighted by molar-refractivity contribution is 6.43. The number of rotatable bonds is 1. The van der Waals surface area contributed by atoms with Crippen molar-refractivity contribution in [3.05, 3.63) is 32.3 Å². The third-order valence-corrected chi connectivity index (χ3v) is 7.26. The molecule has 1 saturated carbocycles. The zero-order valence-corrected chi connectivity index (χ0v) is 16.7. The molecule has 2 nitrogen and oxygen atoms in total. The molecule has 24 heavy (non-hydrogen) atoms. The standard InChI is InChI=1S/C20H27Cl2NO/c1-10(2)14-12(4)15-16(18(22)17(14)21)20(5)8-6-7-11(3)13(20)9-23-19(15)24/h10-11,13H,6-9H2,1-5H3,(H,23,24). The monoisotopic (exact) mass is 367 g/mol. The zero-order chi connectivity index (χ0) is 17.8. The first-order valence-corrected chi connectivity index (χ1v) is 9.75. The van der Waals surface area contributed by atoms with Gasteiger partial charge in [-0.15, -0.1) is 0 Å². The first-order valence-electron chi connectivity index (χ1n) is 9.00. The van der Waals surface area contributed by atoms with Crippen LogP contribution in [0.5, 0.6) is 0 Å². The van der Waals surface area contributed by atoms with Gasteiger partial charge in [0.1, 0.15) is 0 Å². The summed E-state index contributed by atoms with van der Waals surface area (Å²) in [6.07, 6.45) is 3.43. The highest BCUT2D eigenvalue weighted by Crippen LogP contribution is 2.53. The SMILES string of the molecule is Cc1c2c(c(Cl)c(Cl)c1C(C)C)C1(C)CCCC(C)C1CNC2=O. The predicted molar refractivity (Wildman–Crippen MR) is 101 cm³/mol. The quantitative estimate of drug-likeness (QED) is 0.661. The van der Waals surface area contributed by atoms with E-state index in [-0.39, 0.29) is 17.2 Å². The number of hydrogen-bond acceptors (Lipinski definition) is 1. The molecule has 132 valence electrons. The maximum Gasteiger partial charge on any atom is 0.251 e. The second-order valence-corrected chi connectivity index (χ2v) is 8.93. The molecule has 1 amide bonds. The summed E-state index contributed by atoms with van der Waals surface area (Å²) in [5, 5.41) is 4.40. The van der Waals surface area contributed by atoms with Crippen LogP contribution in [0.25, 0.3) is 0 Å². The van der Waals surface area contributed by atoms with Gasteiger partial charge in [-0.3, -0.25) is 4.79 Å². The number of carbonyl (C=O) groups is 1. The molecular formula is C20H27Cl2NO. The summed E-state index contributed by atoms with van der Waals surface area (Å²) in [5.74, 6) is 1.19. The van der Waals surface area contributed by atoms with Crippen LogP contribution in [0.2, 0.25) is 10.0 Å². The Kier molecular flexibility index (Phi) is 4.68. The van der Waals surface area contributed by atoms with Crippen molar-refractivity contribution in [2.75, 3.05) is 6.54 Å². The summed E-state index contributed by atoms with van der Waals surface area (Å²) >= 11 is 13.5. The van der Waals surface area contributed by atoms with Crippen molar-refractivity contribution in [3.63, 3.8) is 0 Å². The smallest absolute Gasteiger partial charge is 0.251 e. The summed E-state index contributed by atoms with van der Waals surface area (Å²) in [6, 6.07) is 0. The van der Waals surface area contributed by atoms with Gasteiger partial charge in [0.2, 0.25) is 0 Å². The number of benzene rings is 1. The van der Waals surface area contributed by atoms with E-state index in [1.165, 1.54) is 12.8 Å². The predicted octanol–water partition coefficient (Wildman–Crippen LogP) is 5.86. The van der Waals surface area contributed by atoms with Crippen LogP contribution in [0.4, 0.5) is 0 Å². The zero-order valence-electron chi connectivity index (χ0n) is 15.2. The number of amides is 1. The van der Waals surface area contributed by atoms with Gasteiger partial charge in [0, 0.05) is 12.1 Å². The molecule has 1 aliphatic carbocycles. The van der Waals surface area contributed by atoms with E-state index in [1.54, 1.807) is 0 Å². The molecule has 1 heterocycles. The first-order chi connectivity index (χ1) is 11.2. The van der Waals surface area contributed by atoms with Crippen molar-refractivity contribution >= 4 is 29.1 Å². The molecule has 0 radical (unpaired) electrons. The van der Waals surface area contributed by atoms with Crippen LogP contribution in [0.1, 0.15) is 79.9 Å². The van der Waals surface area contributed by atoms with Crippen LogP contribution in [0, 0.1) is 18.8 Å². The molecule has 0 saturated heterocycles. The lowest BCUT2D eigenvalue weighted by atomic mass is 9.59. The normalized spacial score (nSPS) is 29.8. The average molecular weight is 368 g/mol. The van der Waals surface area contributed by atoms with E-state index >= 15 is 0 Å². The molecule has 2 aliphatic rings. The van der Waals surface area contributed by atoms with Gasteiger partial charge in [0.05, 0.1) is 10.0 Å². The summed E-state index contributed by atoms with van der Waals surface area (Å²) < 4.78 is 0. The Hall–Kier alpha value is -0.730. The highest BCUT2D eigenvalue weighted by Gasteiger charge is 2.47.